The third-order valence-corrected chi connectivity index (χ3v) is 5.82. The summed E-state index contributed by atoms with van der Waals surface area (Å²) in [4.78, 5) is 9.49. The maximum Gasteiger partial charge on any atom is 0.191 e. The van der Waals surface area contributed by atoms with Crippen LogP contribution in [0.1, 0.15) is 52.4 Å². The molecule has 0 aromatic rings. The molecule has 0 radical (unpaired) electrons. The minimum atomic E-state index is 0. The first kappa shape index (κ1) is 23.0. The van der Waals surface area contributed by atoms with Crippen LogP contribution in [-0.2, 0) is 0 Å². The summed E-state index contributed by atoms with van der Waals surface area (Å²) in [7, 11) is 1.87. The van der Waals surface area contributed by atoms with E-state index in [-0.39, 0.29) is 24.0 Å². The lowest BCUT2D eigenvalue weighted by atomic mass is 10.0. The average Bonchev–Trinajstić information content (AvgIpc) is 3.14. The SMILES string of the molecule is CCN1CCN(C(C)CNC(=NC)NCCCC2CCCC2)CC1.I. The first-order valence-electron chi connectivity index (χ1n) is 10.1. The molecule has 148 valence electrons. The third-order valence-electron chi connectivity index (χ3n) is 5.82. The number of piperazine rings is 1. The fraction of sp³-hybridized carbons (Fsp3) is 0.947. The van der Waals surface area contributed by atoms with Gasteiger partial charge in [-0.25, -0.2) is 0 Å². The number of hydrogen-bond donors (Lipinski definition) is 2. The van der Waals surface area contributed by atoms with E-state index in [0.717, 1.165) is 25.0 Å². The fourth-order valence-corrected chi connectivity index (χ4v) is 4.01. The maximum atomic E-state index is 4.37. The molecule has 0 aromatic heterocycles. The van der Waals surface area contributed by atoms with Gasteiger partial charge in [0, 0.05) is 52.4 Å². The lowest BCUT2D eigenvalue weighted by molar-refractivity contribution is 0.107. The van der Waals surface area contributed by atoms with Crippen LogP contribution in [0.15, 0.2) is 4.99 Å². The van der Waals surface area contributed by atoms with Gasteiger partial charge in [-0.1, -0.05) is 32.6 Å². The van der Waals surface area contributed by atoms with Crippen molar-refractivity contribution in [1.82, 2.24) is 20.4 Å². The topological polar surface area (TPSA) is 42.9 Å². The molecule has 0 aromatic carbocycles. The molecule has 1 heterocycles. The van der Waals surface area contributed by atoms with E-state index < -0.39 is 0 Å². The smallest absolute Gasteiger partial charge is 0.191 e. The Morgan fingerprint density at radius 1 is 1.12 bits per heavy atom. The van der Waals surface area contributed by atoms with Crippen molar-refractivity contribution in [3.63, 3.8) is 0 Å². The summed E-state index contributed by atoms with van der Waals surface area (Å²) in [5, 5.41) is 6.98. The van der Waals surface area contributed by atoms with Gasteiger partial charge in [-0.2, -0.15) is 0 Å². The van der Waals surface area contributed by atoms with Crippen LogP contribution in [0.25, 0.3) is 0 Å². The Balaban J connectivity index is 0.00000312. The fourth-order valence-electron chi connectivity index (χ4n) is 4.01. The van der Waals surface area contributed by atoms with Gasteiger partial charge in [0.25, 0.3) is 0 Å². The van der Waals surface area contributed by atoms with Gasteiger partial charge in [-0.05, 0) is 32.2 Å². The number of guanidine groups is 1. The molecule has 1 unspecified atom stereocenters. The van der Waals surface area contributed by atoms with Crippen LogP contribution in [-0.4, -0.2) is 74.7 Å². The highest BCUT2D eigenvalue weighted by Crippen LogP contribution is 2.28. The van der Waals surface area contributed by atoms with Gasteiger partial charge < -0.3 is 15.5 Å². The van der Waals surface area contributed by atoms with Crippen molar-refractivity contribution in [2.24, 2.45) is 10.9 Å². The van der Waals surface area contributed by atoms with Crippen molar-refractivity contribution in [1.29, 1.82) is 0 Å². The molecule has 6 heteroatoms. The van der Waals surface area contributed by atoms with Gasteiger partial charge >= 0.3 is 0 Å². The van der Waals surface area contributed by atoms with Crippen molar-refractivity contribution in [2.75, 3.05) is 52.9 Å². The first-order valence-corrected chi connectivity index (χ1v) is 10.1. The molecule has 1 atom stereocenters. The molecule has 1 aliphatic carbocycles. The number of halogens is 1. The van der Waals surface area contributed by atoms with Crippen LogP contribution in [0.4, 0.5) is 0 Å². The van der Waals surface area contributed by atoms with Crippen LogP contribution in [0.3, 0.4) is 0 Å². The lowest BCUT2D eigenvalue weighted by Crippen LogP contribution is -2.53. The summed E-state index contributed by atoms with van der Waals surface area (Å²) in [6.45, 7) is 12.5. The second-order valence-electron chi connectivity index (χ2n) is 7.49. The van der Waals surface area contributed by atoms with Gasteiger partial charge in [0.15, 0.2) is 5.96 Å². The van der Waals surface area contributed by atoms with Gasteiger partial charge in [0.1, 0.15) is 0 Å². The van der Waals surface area contributed by atoms with E-state index in [1.807, 2.05) is 7.05 Å². The largest absolute Gasteiger partial charge is 0.356 e. The van der Waals surface area contributed by atoms with Crippen LogP contribution in [0, 0.1) is 5.92 Å². The Labute approximate surface area is 172 Å². The van der Waals surface area contributed by atoms with E-state index in [1.54, 1.807) is 0 Å². The predicted octanol–water partition coefficient (Wildman–Crippen LogP) is 2.77. The summed E-state index contributed by atoms with van der Waals surface area (Å²) >= 11 is 0. The Kier molecular flexibility index (Phi) is 12.1. The molecule has 2 aliphatic rings. The molecule has 1 saturated carbocycles. The number of nitrogens with zero attached hydrogens (tertiary/aromatic N) is 3. The molecule has 0 amide bonds. The third kappa shape index (κ3) is 8.43. The van der Waals surface area contributed by atoms with Gasteiger partial charge in [0.2, 0.25) is 0 Å². The van der Waals surface area contributed by atoms with Gasteiger partial charge in [0.05, 0.1) is 0 Å². The quantitative estimate of drug-likeness (QED) is 0.251. The average molecular weight is 465 g/mol. The molecule has 1 saturated heterocycles. The maximum absolute atomic E-state index is 4.37. The van der Waals surface area contributed by atoms with Crippen LogP contribution < -0.4 is 10.6 Å². The van der Waals surface area contributed by atoms with E-state index >= 15 is 0 Å². The number of aliphatic imine (C=N–C) groups is 1. The van der Waals surface area contributed by atoms with E-state index in [4.69, 9.17) is 0 Å². The zero-order chi connectivity index (χ0) is 17.2. The minimum Gasteiger partial charge on any atom is -0.356 e. The van der Waals surface area contributed by atoms with Crippen molar-refractivity contribution in [3.8, 4) is 0 Å². The summed E-state index contributed by atoms with van der Waals surface area (Å²) in [6, 6.07) is 0.557. The highest BCUT2D eigenvalue weighted by molar-refractivity contribution is 14.0. The number of hydrogen-bond acceptors (Lipinski definition) is 3. The first-order chi connectivity index (χ1) is 11.7. The zero-order valence-electron chi connectivity index (χ0n) is 16.6. The summed E-state index contributed by atoms with van der Waals surface area (Å²) in [5.74, 6) is 1.95. The van der Waals surface area contributed by atoms with Crippen molar-refractivity contribution in [2.45, 2.75) is 58.4 Å². The van der Waals surface area contributed by atoms with Crippen LogP contribution in [0.5, 0.6) is 0 Å². The summed E-state index contributed by atoms with van der Waals surface area (Å²) < 4.78 is 0. The summed E-state index contributed by atoms with van der Waals surface area (Å²) in [6.07, 6.45) is 8.45. The highest BCUT2D eigenvalue weighted by atomic mass is 127. The van der Waals surface area contributed by atoms with E-state index in [1.165, 1.54) is 71.2 Å². The van der Waals surface area contributed by atoms with Gasteiger partial charge in [-0.15, -0.1) is 24.0 Å². The Morgan fingerprint density at radius 3 is 2.40 bits per heavy atom. The molecule has 0 spiro atoms. The molecule has 5 nitrogen and oxygen atoms in total. The van der Waals surface area contributed by atoms with E-state index in [0.29, 0.717) is 6.04 Å². The molecule has 0 bridgehead atoms. The van der Waals surface area contributed by atoms with Crippen molar-refractivity contribution >= 4 is 29.9 Å². The standard InChI is InChI=1S/C19H39N5.HI/c1-4-23-12-14-24(15-13-23)17(2)16-22-19(20-3)21-11-7-10-18-8-5-6-9-18;/h17-18H,4-16H2,1-3H3,(H2,20,21,22);1H. The Hall–Kier alpha value is -0.0800. The molecule has 1 aliphatic heterocycles. The highest BCUT2D eigenvalue weighted by Gasteiger charge is 2.20. The second-order valence-corrected chi connectivity index (χ2v) is 7.49. The lowest BCUT2D eigenvalue weighted by Gasteiger charge is -2.37. The Morgan fingerprint density at radius 2 is 1.80 bits per heavy atom. The van der Waals surface area contributed by atoms with Crippen LogP contribution in [0.2, 0.25) is 0 Å². The summed E-state index contributed by atoms with van der Waals surface area (Å²) in [5.41, 5.74) is 0. The molecular formula is C19H40IN5. The van der Waals surface area contributed by atoms with E-state index in [9.17, 15) is 0 Å². The second kappa shape index (κ2) is 13.1. The van der Waals surface area contributed by atoms with Gasteiger partial charge in [-0.3, -0.25) is 9.89 Å². The predicted molar refractivity (Wildman–Crippen MR) is 119 cm³/mol. The minimum absolute atomic E-state index is 0. The van der Waals surface area contributed by atoms with Crippen molar-refractivity contribution in [3.05, 3.63) is 0 Å². The number of rotatable bonds is 8. The number of likely N-dealkylation sites (N-methyl/N-ethyl adjacent to an activating group) is 1. The normalized spacial score (nSPS) is 21.8. The van der Waals surface area contributed by atoms with Crippen LogP contribution >= 0.6 is 24.0 Å². The van der Waals surface area contributed by atoms with E-state index in [2.05, 4.69) is 39.3 Å². The Bertz CT molecular complexity index is 363. The van der Waals surface area contributed by atoms with Crippen molar-refractivity contribution < 1.29 is 0 Å². The monoisotopic (exact) mass is 465 g/mol. The molecule has 25 heavy (non-hydrogen) atoms. The molecular weight excluding hydrogens is 425 g/mol. The molecule has 2 fully saturated rings. The molecule has 2 N–H and O–H groups in total. The molecule has 2 rings (SSSR count). The zero-order valence-corrected chi connectivity index (χ0v) is 18.9. The number of nitrogens with one attached hydrogen (secondary N) is 2.